The van der Waals surface area contributed by atoms with Gasteiger partial charge in [0, 0.05) is 18.0 Å². The number of pyridine rings is 1. The van der Waals surface area contributed by atoms with Gasteiger partial charge >= 0.3 is 5.97 Å². The predicted molar refractivity (Wildman–Crippen MR) is 117 cm³/mol. The molecular weight excluding hydrogens is 380 g/mol. The van der Waals surface area contributed by atoms with E-state index in [1.807, 2.05) is 30.6 Å². The van der Waals surface area contributed by atoms with E-state index in [1.54, 1.807) is 23.5 Å². The first-order valence-corrected chi connectivity index (χ1v) is 10.5. The van der Waals surface area contributed by atoms with Crippen molar-refractivity contribution in [3.63, 3.8) is 0 Å². The van der Waals surface area contributed by atoms with E-state index in [0.29, 0.717) is 5.56 Å². The Labute approximate surface area is 174 Å². The quantitative estimate of drug-likeness (QED) is 0.293. The highest BCUT2D eigenvalue weighted by molar-refractivity contribution is 7.21. The zero-order chi connectivity index (χ0) is 20.1. The summed E-state index contributed by atoms with van der Waals surface area (Å²) in [5.74, 6) is -0.325. The standard InChI is InChI=1S/C24H22N2O2S/c1-28-24(27)20-11-9-19(10-12-20)23-26-21-13-8-17(15-22(21)29-23)5-2-3-6-18-7-4-14-25-16-18/h4,7-16H,2-3,5-6H2,1H3. The molecule has 5 heteroatoms. The molecular formula is C24H22N2O2S. The molecule has 2 aromatic carbocycles. The van der Waals surface area contributed by atoms with Crippen molar-refractivity contribution in [3.05, 3.63) is 83.7 Å². The number of aryl methyl sites for hydroxylation is 2. The molecule has 2 aromatic heterocycles. The second-order valence-corrected chi connectivity index (χ2v) is 7.99. The number of benzene rings is 2. The first kappa shape index (κ1) is 19.3. The van der Waals surface area contributed by atoms with Crippen molar-refractivity contribution in [1.82, 2.24) is 9.97 Å². The van der Waals surface area contributed by atoms with Gasteiger partial charge in [0.05, 0.1) is 22.9 Å². The first-order valence-electron chi connectivity index (χ1n) is 9.70. The number of methoxy groups -OCH3 is 1. The van der Waals surface area contributed by atoms with Gasteiger partial charge in [-0.15, -0.1) is 11.3 Å². The molecule has 0 fully saturated rings. The van der Waals surface area contributed by atoms with Crippen molar-refractivity contribution in [2.75, 3.05) is 7.11 Å². The van der Waals surface area contributed by atoms with Gasteiger partial charge < -0.3 is 4.74 Å². The van der Waals surface area contributed by atoms with Gasteiger partial charge in [0.2, 0.25) is 0 Å². The predicted octanol–water partition coefficient (Wildman–Crippen LogP) is 5.71. The van der Waals surface area contributed by atoms with Crippen LogP contribution in [0.3, 0.4) is 0 Å². The van der Waals surface area contributed by atoms with Crippen LogP contribution in [0, 0.1) is 0 Å². The van der Waals surface area contributed by atoms with Crippen molar-refractivity contribution < 1.29 is 9.53 Å². The topological polar surface area (TPSA) is 52.1 Å². The molecule has 0 atom stereocenters. The molecule has 0 spiro atoms. The highest BCUT2D eigenvalue weighted by atomic mass is 32.1. The number of hydrogen-bond donors (Lipinski definition) is 0. The summed E-state index contributed by atoms with van der Waals surface area (Å²) in [5, 5.41) is 0.963. The van der Waals surface area contributed by atoms with Gasteiger partial charge in [-0.3, -0.25) is 4.98 Å². The van der Waals surface area contributed by atoms with Gasteiger partial charge in [0.1, 0.15) is 5.01 Å². The summed E-state index contributed by atoms with van der Waals surface area (Å²) >= 11 is 1.69. The second kappa shape index (κ2) is 8.97. The van der Waals surface area contributed by atoms with Gasteiger partial charge in [-0.25, -0.2) is 9.78 Å². The lowest BCUT2D eigenvalue weighted by atomic mass is 10.0. The minimum atomic E-state index is -0.325. The fourth-order valence-electron chi connectivity index (χ4n) is 3.32. The van der Waals surface area contributed by atoms with Crippen LogP contribution in [-0.4, -0.2) is 23.0 Å². The summed E-state index contributed by atoms with van der Waals surface area (Å²) < 4.78 is 5.95. The maximum Gasteiger partial charge on any atom is 0.337 e. The molecule has 4 rings (SSSR count). The molecule has 4 nitrogen and oxygen atoms in total. The summed E-state index contributed by atoms with van der Waals surface area (Å²) in [6.07, 6.45) is 8.21. The molecule has 0 aliphatic rings. The maximum atomic E-state index is 11.6. The lowest BCUT2D eigenvalue weighted by Gasteiger charge is -2.02. The zero-order valence-electron chi connectivity index (χ0n) is 16.3. The minimum absolute atomic E-state index is 0.325. The van der Waals surface area contributed by atoms with E-state index < -0.39 is 0 Å². The molecule has 0 aliphatic carbocycles. The molecule has 0 N–H and O–H groups in total. The SMILES string of the molecule is COC(=O)c1ccc(-c2nc3ccc(CCCCc4cccnc4)cc3s2)cc1. The number of nitrogens with zero attached hydrogens (tertiary/aromatic N) is 2. The lowest BCUT2D eigenvalue weighted by Crippen LogP contribution is -2.00. The van der Waals surface area contributed by atoms with Gasteiger partial charge in [-0.1, -0.05) is 24.3 Å². The lowest BCUT2D eigenvalue weighted by molar-refractivity contribution is 0.0601. The highest BCUT2D eigenvalue weighted by Gasteiger charge is 2.09. The van der Waals surface area contributed by atoms with E-state index in [2.05, 4.69) is 29.2 Å². The molecule has 29 heavy (non-hydrogen) atoms. The smallest absolute Gasteiger partial charge is 0.337 e. The van der Waals surface area contributed by atoms with Gasteiger partial charge in [0.15, 0.2) is 0 Å². The number of carbonyl (C=O) groups is 1. The number of hydrogen-bond acceptors (Lipinski definition) is 5. The third kappa shape index (κ3) is 4.69. The summed E-state index contributed by atoms with van der Waals surface area (Å²) in [7, 11) is 1.39. The molecule has 0 bridgehead atoms. The van der Waals surface area contributed by atoms with E-state index in [0.717, 1.165) is 41.8 Å². The normalized spacial score (nSPS) is 10.9. The maximum absolute atomic E-state index is 11.6. The summed E-state index contributed by atoms with van der Waals surface area (Å²) in [4.78, 5) is 20.5. The van der Waals surface area contributed by atoms with Crippen LogP contribution >= 0.6 is 11.3 Å². The van der Waals surface area contributed by atoms with E-state index in [1.165, 1.54) is 22.9 Å². The molecule has 0 radical (unpaired) electrons. The highest BCUT2D eigenvalue weighted by Crippen LogP contribution is 2.31. The summed E-state index contributed by atoms with van der Waals surface area (Å²) in [5.41, 5.74) is 5.22. The van der Waals surface area contributed by atoms with Crippen molar-refractivity contribution >= 4 is 27.5 Å². The average molecular weight is 403 g/mol. The second-order valence-electron chi connectivity index (χ2n) is 6.96. The van der Waals surface area contributed by atoms with Crippen LogP contribution in [0.2, 0.25) is 0 Å². The van der Waals surface area contributed by atoms with Crippen LogP contribution in [0.4, 0.5) is 0 Å². The Kier molecular flexibility index (Phi) is 5.96. The molecule has 0 saturated heterocycles. The number of aromatic nitrogens is 2. The molecule has 0 amide bonds. The monoisotopic (exact) mass is 402 g/mol. The van der Waals surface area contributed by atoms with E-state index in [4.69, 9.17) is 9.72 Å². The average Bonchev–Trinajstić information content (AvgIpc) is 3.20. The minimum Gasteiger partial charge on any atom is -0.465 e. The number of thiazole rings is 1. The van der Waals surface area contributed by atoms with Crippen molar-refractivity contribution in [1.29, 1.82) is 0 Å². The molecule has 2 heterocycles. The fraction of sp³-hybridized carbons (Fsp3) is 0.208. The number of carbonyl (C=O) groups excluding carboxylic acids is 1. The van der Waals surface area contributed by atoms with E-state index in [9.17, 15) is 4.79 Å². The molecule has 146 valence electrons. The molecule has 0 unspecified atom stereocenters. The Morgan fingerprint density at radius 3 is 2.52 bits per heavy atom. The third-order valence-corrected chi connectivity index (χ3v) is 5.98. The Morgan fingerprint density at radius 2 is 1.79 bits per heavy atom. The van der Waals surface area contributed by atoms with Crippen LogP contribution in [-0.2, 0) is 17.6 Å². The van der Waals surface area contributed by atoms with Crippen LogP contribution in [0.25, 0.3) is 20.8 Å². The number of rotatable bonds is 7. The fourth-order valence-corrected chi connectivity index (χ4v) is 4.35. The number of esters is 1. The van der Waals surface area contributed by atoms with Crippen LogP contribution in [0.1, 0.15) is 34.3 Å². The zero-order valence-corrected chi connectivity index (χ0v) is 17.1. The first-order chi connectivity index (χ1) is 14.2. The van der Waals surface area contributed by atoms with Crippen LogP contribution < -0.4 is 0 Å². The van der Waals surface area contributed by atoms with Crippen molar-refractivity contribution in [2.45, 2.75) is 25.7 Å². The van der Waals surface area contributed by atoms with Gasteiger partial charge in [0.25, 0.3) is 0 Å². The van der Waals surface area contributed by atoms with Crippen molar-refractivity contribution in [3.8, 4) is 10.6 Å². The number of ether oxygens (including phenoxy) is 1. The summed E-state index contributed by atoms with van der Waals surface area (Å²) in [6, 6.07) is 18.1. The molecule has 4 aromatic rings. The molecule has 0 aliphatic heterocycles. The Bertz CT molecular complexity index is 1100. The Morgan fingerprint density at radius 1 is 1.00 bits per heavy atom. The summed E-state index contributed by atoms with van der Waals surface area (Å²) in [6.45, 7) is 0. The Balaban J connectivity index is 1.41. The van der Waals surface area contributed by atoms with Gasteiger partial charge in [-0.05, 0) is 67.1 Å². The van der Waals surface area contributed by atoms with E-state index in [-0.39, 0.29) is 5.97 Å². The third-order valence-electron chi connectivity index (χ3n) is 4.91. The number of fused-ring (bicyclic) bond motifs is 1. The van der Waals surface area contributed by atoms with Gasteiger partial charge in [-0.2, -0.15) is 0 Å². The van der Waals surface area contributed by atoms with Crippen LogP contribution in [0.15, 0.2) is 67.0 Å². The van der Waals surface area contributed by atoms with E-state index >= 15 is 0 Å². The number of unbranched alkanes of at least 4 members (excludes halogenated alkanes) is 1. The van der Waals surface area contributed by atoms with Crippen LogP contribution in [0.5, 0.6) is 0 Å². The molecule has 0 saturated carbocycles. The van der Waals surface area contributed by atoms with Crippen molar-refractivity contribution in [2.24, 2.45) is 0 Å². The largest absolute Gasteiger partial charge is 0.465 e. The Hall–Kier alpha value is -3.05.